The van der Waals surface area contributed by atoms with E-state index in [9.17, 15) is 14.4 Å². The number of carbonyl (C=O) groups excluding carboxylic acids is 3. The lowest BCUT2D eigenvalue weighted by molar-refractivity contribution is -0.154. The Morgan fingerprint density at radius 1 is 1.07 bits per heavy atom. The SMILES string of the molecule is CC(C)[C@H](NC(=O)c1ccccc1Cl)C(=O)OCC(=O)N1CCc2ccccc2C1. The first-order valence-electron chi connectivity index (χ1n) is 9.93. The Morgan fingerprint density at radius 3 is 2.43 bits per heavy atom. The number of rotatable bonds is 6. The zero-order valence-corrected chi connectivity index (χ0v) is 17.8. The first-order chi connectivity index (χ1) is 14.4. The van der Waals surface area contributed by atoms with Crippen molar-refractivity contribution in [3.8, 4) is 0 Å². The van der Waals surface area contributed by atoms with E-state index in [4.69, 9.17) is 16.3 Å². The fraction of sp³-hybridized carbons (Fsp3) is 0.348. The van der Waals surface area contributed by atoms with E-state index in [1.807, 2.05) is 18.2 Å². The van der Waals surface area contributed by atoms with Gasteiger partial charge in [0.05, 0.1) is 10.6 Å². The Hall–Kier alpha value is -2.86. The standard InChI is InChI=1S/C23H25ClN2O4/c1-15(2)21(25-22(28)18-9-5-6-10-19(18)24)23(29)30-14-20(27)26-12-11-16-7-3-4-8-17(16)13-26/h3-10,15,21H,11-14H2,1-2H3,(H,25,28)/t21-/m0/s1. The Kier molecular flexibility index (Phi) is 7.11. The molecule has 0 unspecified atom stereocenters. The van der Waals surface area contributed by atoms with Crippen LogP contribution < -0.4 is 5.32 Å². The molecule has 6 nitrogen and oxygen atoms in total. The van der Waals surface area contributed by atoms with Crippen LogP contribution in [-0.4, -0.2) is 41.9 Å². The van der Waals surface area contributed by atoms with Crippen LogP contribution in [-0.2, 0) is 27.3 Å². The molecule has 0 fully saturated rings. The zero-order valence-electron chi connectivity index (χ0n) is 17.1. The first kappa shape index (κ1) is 21.8. The highest BCUT2D eigenvalue weighted by atomic mass is 35.5. The van der Waals surface area contributed by atoms with Gasteiger partial charge in [-0.3, -0.25) is 9.59 Å². The molecule has 1 atom stereocenters. The summed E-state index contributed by atoms with van der Waals surface area (Å²) in [5.74, 6) is -1.58. The number of nitrogens with one attached hydrogen (secondary N) is 1. The lowest BCUT2D eigenvalue weighted by Crippen LogP contribution is -2.46. The van der Waals surface area contributed by atoms with Crippen molar-refractivity contribution < 1.29 is 19.1 Å². The van der Waals surface area contributed by atoms with Crippen LogP contribution in [0.5, 0.6) is 0 Å². The van der Waals surface area contributed by atoms with Gasteiger partial charge in [-0.1, -0.05) is 61.8 Å². The average Bonchev–Trinajstić information content (AvgIpc) is 2.75. The second-order valence-corrected chi connectivity index (χ2v) is 8.02. The highest BCUT2D eigenvalue weighted by molar-refractivity contribution is 6.33. The molecule has 0 saturated heterocycles. The number of esters is 1. The molecule has 1 heterocycles. The first-order valence-corrected chi connectivity index (χ1v) is 10.3. The Labute approximate surface area is 181 Å². The van der Waals surface area contributed by atoms with E-state index in [1.54, 1.807) is 43.0 Å². The average molecular weight is 429 g/mol. The van der Waals surface area contributed by atoms with Crippen LogP contribution in [0.25, 0.3) is 0 Å². The van der Waals surface area contributed by atoms with E-state index in [2.05, 4.69) is 11.4 Å². The number of hydrogen-bond acceptors (Lipinski definition) is 4. The van der Waals surface area contributed by atoms with Crippen molar-refractivity contribution >= 4 is 29.4 Å². The Bertz CT molecular complexity index is 944. The zero-order chi connectivity index (χ0) is 21.7. The van der Waals surface area contributed by atoms with Crippen molar-refractivity contribution in [1.29, 1.82) is 0 Å². The minimum absolute atomic E-state index is 0.221. The largest absolute Gasteiger partial charge is 0.454 e. The molecule has 0 saturated carbocycles. The summed E-state index contributed by atoms with van der Waals surface area (Å²) >= 11 is 6.06. The van der Waals surface area contributed by atoms with Crippen LogP contribution in [0.2, 0.25) is 5.02 Å². The van der Waals surface area contributed by atoms with E-state index >= 15 is 0 Å². The number of hydrogen-bond donors (Lipinski definition) is 1. The molecule has 1 N–H and O–H groups in total. The molecule has 158 valence electrons. The van der Waals surface area contributed by atoms with Gasteiger partial charge in [0, 0.05) is 13.1 Å². The number of amides is 2. The van der Waals surface area contributed by atoms with Gasteiger partial charge in [-0.25, -0.2) is 4.79 Å². The predicted octanol–water partition coefficient (Wildman–Crippen LogP) is 3.22. The minimum atomic E-state index is -0.886. The van der Waals surface area contributed by atoms with Crippen LogP contribution in [0.15, 0.2) is 48.5 Å². The molecule has 3 rings (SSSR count). The van der Waals surface area contributed by atoms with Crippen molar-refractivity contribution in [3.63, 3.8) is 0 Å². The second kappa shape index (κ2) is 9.76. The third kappa shape index (κ3) is 5.19. The van der Waals surface area contributed by atoms with Gasteiger partial charge in [-0.2, -0.15) is 0 Å². The van der Waals surface area contributed by atoms with Gasteiger partial charge in [-0.05, 0) is 35.6 Å². The molecule has 30 heavy (non-hydrogen) atoms. The molecule has 0 radical (unpaired) electrons. The molecule has 0 bridgehead atoms. The second-order valence-electron chi connectivity index (χ2n) is 7.62. The molecular weight excluding hydrogens is 404 g/mol. The van der Waals surface area contributed by atoms with E-state index < -0.39 is 17.9 Å². The molecule has 0 aromatic heterocycles. The molecule has 7 heteroatoms. The van der Waals surface area contributed by atoms with Gasteiger partial charge in [-0.15, -0.1) is 0 Å². The summed E-state index contributed by atoms with van der Waals surface area (Å²) in [4.78, 5) is 39.3. The summed E-state index contributed by atoms with van der Waals surface area (Å²) in [6.45, 7) is 4.32. The number of ether oxygens (including phenoxy) is 1. The smallest absolute Gasteiger partial charge is 0.329 e. The third-order valence-corrected chi connectivity index (χ3v) is 5.48. The fourth-order valence-electron chi connectivity index (χ4n) is 3.38. The van der Waals surface area contributed by atoms with E-state index in [0.717, 1.165) is 12.0 Å². The van der Waals surface area contributed by atoms with E-state index in [0.29, 0.717) is 18.1 Å². The summed E-state index contributed by atoms with van der Waals surface area (Å²) in [7, 11) is 0. The summed E-state index contributed by atoms with van der Waals surface area (Å²) in [5, 5.41) is 2.96. The van der Waals surface area contributed by atoms with E-state index in [-0.39, 0.29) is 24.0 Å². The quantitative estimate of drug-likeness (QED) is 0.717. The maximum Gasteiger partial charge on any atom is 0.329 e. The van der Waals surface area contributed by atoms with E-state index in [1.165, 1.54) is 5.56 Å². The van der Waals surface area contributed by atoms with Gasteiger partial charge in [0.2, 0.25) is 0 Å². The predicted molar refractivity (Wildman–Crippen MR) is 114 cm³/mol. The van der Waals surface area contributed by atoms with Crippen LogP contribution in [0.3, 0.4) is 0 Å². The fourth-order valence-corrected chi connectivity index (χ4v) is 3.61. The van der Waals surface area contributed by atoms with Crippen LogP contribution >= 0.6 is 11.6 Å². The molecule has 2 aromatic carbocycles. The van der Waals surface area contributed by atoms with Gasteiger partial charge >= 0.3 is 5.97 Å². The van der Waals surface area contributed by atoms with Crippen molar-refractivity contribution in [2.24, 2.45) is 5.92 Å². The number of nitrogens with zero attached hydrogens (tertiary/aromatic N) is 1. The summed E-state index contributed by atoms with van der Waals surface area (Å²) in [6, 6.07) is 13.7. The number of fused-ring (bicyclic) bond motifs is 1. The lowest BCUT2D eigenvalue weighted by atomic mass is 10.00. The number of benzene rings is 2. The number of halogens is 1. The van der Waals surface area contributed by atoms with Crippen molar-refractivity contribution in [2.45, 2.75) is 32.9 Å². The number of carbonyl (C=O) groups is 3. The van der Waals surface area contributed by atoms with Crippen molar-refractivity contribution in [1.82, 2.24) is 10.2 Å². The molecule has 0 aliphatic carbocycles. The molecule has 1 aliphatic heterocycles. The maximum absolute atomic E-state index is 12.6. The van der Waals surface area contributed by atoms with Crippen molar-refractivity contribution in [3.05, 3.63) is 70.2 Å². The van der Waals surface area contributed by atoms with Gasteiger partial charge in [0.25, 0.3) is 11.8 Å². The van der Waals surface area contributed by atoms with Gasteiger partial charge in [0.15, 0.2) is 6.61 Å². The molecule has 2 aromatic rings. The van der Waals surface area contributed by atoms with Gasteiger partial charge in [0.1, 0.15) is 6.04 Å². The molecule has 0 spiro atoms. The normalized spacial score (nSPS) is 14.1. The highest BCUT2D eigenvalue weighted by Crippen LogP contribution is 2.19. The van der Waals surface area contributed by atoms with Crippen molar-refractivity contribution in [2.75, 3.05) is 13.2 Å². The van der Waals surface area contributed by atoms with Crippen LogP contribution in [0.1, 0.15) is 35.3 Å². The Morgan fingerprint density at radius 2 is 1.73 bits per heavy atom. The van der Waals surface area contributed by atoms with Gasteiger partial charge < -0.3 is 15.0 Å². The van der Waals surface area contributed by atoms with Crippen LogP contribution in [0, 0.1) is 5.92 Å². The third-order valence-electron chi connectivity index (χ3n) is 5.15. The monoisotopic (exact) mass is 428 g/mol. The molecule has 2 amide bonds. The lowest BCUT2D eigenvalue weighted by Gasteiger charge is -2.29. The molecular formula is C23H25ClN2O4. The van der Waals surface area contributed by atoms with Crippen LogP contribution in [0.4, 0.5) is 0 Å². The minimum Gasteiger partial charge on any atom is -0.454 e. The highest BCUT2D eigenvalue weighted by Gasteiger charge is 2.28. The molecule has 1 aliphatic rings. The Balaban J connectivity index is 1.57. The summed E-state index contributed by atoms with van der Waals surface area (Å²) < 4.78 is 5.26. The summed E-state index contributed by atoms with van der Waals surface area (Å²) in [5.41, 5.74) is 2.62. The summed E-state index contributed by atoms with van der Waals surface area (Å²) in [6.07, 6.45) is 0.776. The maximum atomic E-state index is 12.6. The topological polar surface area (TPSA) is 75.7 Å².